The Morgan fingerprint density at radius 2 is 1.71 bits per heavy atom. The fourth-order valence-electron chi connectivity index (χ4n) is 2.52. The Balaban J connectivity index is 2.08. The largest absolute Gasteiger partial charge is 0.490 e. The first-order valence-electron chi connectivity index (χ1n) is 9.15. The Morgan fingerprint density at radius 3 is 2.39 bits per heavy atom. The van der Waals surface area contributed by atoms with Crippen LogP contribution in [0.4, 0.5) is 5.69 Å². The van der Waals surface area contributed by atoms with Gasteiger partial charge in [0.25, 0.3) is 5.91 Å². The van der Waals surface area contributed by atoms with E-state index in [1.54, 1.807) is 44.4 Å². The lowest BCUT2D eigenvalue weighted by Gasteiger charge is -2.11. The molecule has 0 aromatic heterocycles. The summed E-state index contributed by atoms with van der Waals surface area (Å²) in [7, 11) is 3.37. The molecule has 0 saturated heterocycles. The predicted octanol–water partition coefficient (Wildman–Crippen LogP) is 3.84. The summed E-state index contributed by atoms with van der Waals surface area (Å²) in [5.41, 5.74) is 1.89. The molecule has 0 unspecified atom stereocenters. The Morgan fingerprint density at radius 1 is 1.00 bits per heavy atom. The highest BCUT2D eigenvalue weighted by atomic mass is 16.5. The standard InChI is InChI=1S/C22H26N2O4/c1-5-27-19-12-10-16(14-20(19)28-6-2)11-13-21(25)23-18-9-7-8-17(15-18)22(26)24(3)4/h7-15H,5-6H2,1-4H3,(H,23,25)/b13-11+. The minimum absolute atomic E-state index is 0.121. The maximum Gasteiger partial charge on any atom is 0.253 e. The number of anilines is 1. The number of hydrogen-bond acceptors (Lipinski definition) is 4. The Kier molecular flexibility index (Phi) is 7.63. The lowest BCUT2D eigenvalue weighted by Crippen LogP contribution is -2.21. The van der Waals surface area contributed by atoms with Gasteiger partial charge in [0.15, 0.2) is 11.5 Å². The molecule has 6 nitrogen and oxygen atoms in total. The Bertz CT molecular complexity index is 859. The van der Waals surface area contributed by atoms with Gasteiger partial charge in [-0.05, 0) is 55.8 Å². The summed E-state index contributed by atoms with van der Waals surface area (Å²) in [6.45, 7) is 4.89. The summed E-state index contributed by atoms with van der Waals surface area (Å²) in [6.07, 6.45) is 3.13. The van der Waals surface area contributed by atoms with Crippen LogP contribution in [0, 0.1) is 0 Å². The molecule has 0 atom stereocenters. The Labute approximate surface area is 165 Å². The van der Waals surface area contributed by atoms with E-state index in [0.29, 0.717) is 36.0 Å². The summed E-state index contributed by atoms with van der Waals surface area (Å²) >= 11 is 0. The molecule has 148 valence electrons. The first kappa shape index (κ1) is 21.0. The molecule has 0 heterocycles. The molecule has 2 aromatic carbocycles. The number of nitrogens with zero attached hydrogens (tertiary/aromatic N) is 1. The van der Waals surface area contributed by atoms with Gasteiger partial charge >= 0.3 is 0 Å². The number of amides is 2. The van der Waals surface area contributed by atoms with Crippen LogP contribution in [0.2, 0.25) is 0 Å². The van der Waals surface area contributed by atoms with Crippen molar-refractivity contribution in [2.24, 2.45) is 0 Å². The van der Waals surface area contributed by atoms with Crippen LogP contribution in [0.1, 0.15) is 29.8 Å². The summed E-state index contributed by atoms with van der Waals surface area (Å²) in [6, 6.07) is 12.3. The van der Waals surface area contributed by atoms with E-state index in [-0.39, 0.29) is 11.8 Å². The lowest BCUT2D eigenvalue weighted by atomic mass is 10.1. The molecule has 28 heavy (non-hydrogen) atoms. The van der Waals surface area contributed by atoms with E-state index < -0.39 is 0 Å². The summed E-state index contributed by atoms with van der Waals surface area (Å²) in [5, 5.41) is 2.77. The van der Waals surface area contributed by atoms with Crippen LogP contribution in [0.15, 0.2) is 48.5 Å². The Hall–Kier alpha value is -3.28. The third kappa shape index (κ3) is 5.87. The second kappa shape index (κ2) is 10.2. The number of nitrogens with one attached hydrogen (secondary N) is 1. The van der Waals surface area contributed by atoms with Gasteiger partial charge in [-0.1, -0.05) is 12.1 Å². The molecular formula is C22H26N2O4. The molecular weight excluding hydrogens is 356 g/mol. The zero-order valence-electron chi connectivity index (χ0n) is 16.7. The monoisotopic (exact) mass is 382 g/mol. The zero-order valence-corrected chi connectivity index (χ0v) is 16.7. The first-order valence-corrected chi connectivity index (χ1v) is 9.15. The molecule has 0 aliphatic heterocycles. The van der Waals surface area contributed by atoms with Gasteiger partial charge in [-0.15, -0.1) is 0 Å². The molecule has 2 amide bonds. The van der Waals surface area contributed by atoms with Gasteiger partial charge in [-0.3, -0.25) is 9.59 Å². The maximum atomic E-state index is 12.2. The van der Waals surface area contributed by atoms with Gasteiger partial charge in [-0.2, -0.15) is 0 Å². The zero-order chi connectivity index (χ0) is 20.5. The van der Waals surface area contributed by atoms with Gasteiger partial charge in [-0.25, -0.2) is 0 Å². The molecule has 0 aliphatic carbocycles. The van der Waals surface area contributed by atoms with Crippen molar-refractivity contribution in [2.45, 2.75) is 13.8 Å². The van der Waals surface area contributed by atoms with E-state index in [2.05, 4.69) is 5.32 Å². The minimum Gasteiger partial charge on any atom is -0.490 e. The molecule has 0 radical (unpaired) electrons. The molecule has 2 aromatic rings. The number of carbonyl (C=O) groups excluding carboxylic acids is 2. The maximum absolute atomic E-state index is 12.2. The molecule has 2 rings (SSSR count). The van der Waals surface area contributed by atoms with Gasteiger partial charge < -0.3 is 19.7 Å². The van der Waals surface area contributed by atoms with Crippen molar-refractivity contribution in [3.05, 3.63) is 59.7 Å². The molecule has 0 saturated carbocycles. The summed E-state index contributed by atoms with van der Waals surface area (Å²) in [4.78, 5) is 25.7. The van der Waals surface area contributed by atoms with Gasteiger partial charge in [0.05, 0.1) is 13.2 Å². The second-order valence-electron chi connectivity index (χ2n) is 6.18. The van der Waals surface area contributed by atoms with Gasteiger partial charge in [0.2, 0.25) is 5.91 Å². The van der Waals surface area contributed by atoms with Crippen molar-refractivity contribution in [3.63, 3.8) is 0 Å². The van der Waals surface area contributed by atoms with Crippen LogP contribution in [0.25, 0.3) is 6.08 Å². The molecule has 0 bridgehead atoms. The van der Waals surface area contributed by atoms with Gasteiger partial charge in [0.1, 0.15) is 0 Å². The van der Waals surface area contributed by atoms with Crippen molar-refractivity contribution in [3.8, 4) is 11.5 Å². The fourth-order valence-corrected chi connectivity index (χ4v) is 2.52. The smallest absolute Gasteiger partial charge is 0.253 e. The topological polar surface area (TPSA) is 67.9 Å². The van der Waals surface area contributed by atoms with Gasteiger partial charge in [0, 0.05) is 31.4 Å². The van der Waals surface area contributed by atoms with Crippen LogP contribution in [-0.2, 0) is 4.79 Å². The van der Waals surface area contributed by atoms with Crippen LogP contribution in [0.5, 0.6) is 11.5 Å². The first-order chi connectivity index (χ1) is 13.4. The SMILES string of the molecule is CCOc1ccc(/C=C/C(=O)Nc2cccc(C(=O)N(C)C)c2)cc1OCC. The quantitative estimate of drug-likeness (QED) is 0.705. The molecule has 0 aliphatic rings. The highest BCUT2D eigenvalue weighted by molar-refractivity contribution is 6.03. The predicted molar refractivity (Wildman–Crippen MR) is 111 cm³/mol. The third-order valence-corrected chi connectivity index (χ3v) is 3.78. The van der Waals surface area contributed by atoms with E-state index >= 15 is 0 Å². The van der Waals surface area contributed by atoms with E-state index in [9.17, 15) is 9.59 Å². The molecule has 0 fully saturated rings. The summed E-state index contributed by atoms with van der Waals surface area (Å²) in [5.74, 6) is 0.904. The minimum atomic E-state index is -0.290. The average Bonchev–Trinajstić information content (AvgIpc) is 2.68. The average molecular weight is 382 g/mol. The van der Waals surface area contributed by atoms with Crippen molar-refractivity contribution in [1.29, 1.82) is 0 Å². The van der Waals surface area contributed by atoms with Crippen molar-refractivity contribution >= 4 is 23.6 Å². The molecule has 0 spiro atoms. The van der Waals surface area contributed by atoms with Crippen LogP contribution >= 0.6 is 0 Å². The number of ether oxygens (including phenoxy) is 2. The van der Waals surface area contributed by atoms with E-state index in [0.717, 1.165) is 5.56 Å². The van der Waals surface area contributed by atoms with Crippen LogP contribution in [-0.4, -0.2) is 44.0 Å². The highest BCUT2D eigenvalue weighted by Gasteiger charge is 2.09. The summed E-state index contributed by atoms with van der Waals surface area (Å²) < 4.78 is 11.1. The second-order valence-corrected chi connectivity index (χ2v) is 6.18. The highest BCUT2D eigenvalue weighted by Crippen LogP contribution is 2.29. The molecule has 1 N–H and O–H groups in total. The van der Waals surface area contributed by atoms with Crippen molar-refractivity contribution in [2.75, 3.05) is 32.6 Å². The number of carbonyl (C=O) groups is 2. The molecule has 6 heteroatoms. The number of hydrogen-bond donors (Lipinski definition) is 1. The van der Waals surface area contributed by atoms with Crippen LogP contribution in [0.3, 0.4) is 0 Å². The van der Waals surface area contributed by atoms with Crippen LogP contribution < -0.4 is 14.8 Å². The van der Waals surface area contributed by atoms with E-state index in [1.165, 1.54) is 11.0 Å². The third-order valence-electron chi connectivity index (χ3n) is 3.78. The van der Waals surface area contributed by atoms with E-state index in [4.69, 9.17) is 9.47 Å². The number of benzene rings is 2. The van der Waals surface area contributed by atoms with Crippen molar-refractivity contribution in [1.82, 2.24) is 4.90 Å². The van der Waals surface area contributed by atoms with E-state index in [1.807, 2.05) is 32.0 Å². The van der Waals surface area contributed by atoms with Crippen molar-refractivity contribution < 1.29 is 19.1 Å². The fraction of sp³-hybridized carbons (Fsp3) is 0.273. The lowest BCUT2D eigenvalue weighted by molar-refractivity contribution is -0.111. The normalized spacial score (nSPS) is 10.6. The number of rotatable bonds is 8.